The van der Waals surface area contributed by atoms with Crippen LogP contribution in [0.2, 0.25) is 10.0 Å². The predicted molar refractivity (Wildman–Crippen MR) is 113 cm³/mol. The molecule has 3 aromatic heterocycles. The largest absolute Gasteiger partial charge is 0.330 e. The molecule has 0 spiro atoms. The van der Waals surface area contributed by atoms with Gasteiger partial charge in [0, 0.05) is 18.3 Å². The number of hydrogen-bond donors (Lipinski definition) is 1. The van der Waals surface area contributed by atoms with Crippen molar-refractivity contribution in [3.05, 3.63) is 63.8 Å². The Morgan fingerprint density at radius 3 is 2.57 bits per heavy atom. The lowest BCUT2D eigenvalue weighted by molar-refractivity contribution is 0.111. The SMILES string of the molecule is CCc1nc2ccc(Cl)cn2c1C=O.CNCc1nc2cc(Cl)ccc2n1C. The molecular formula is C20H21Cl2N5O. The van der Waals surface area contributed by atoms with Crippen molar-refractivity contribution < 1.29 is 4.79 Å². The average Bonchev–Trinajstić information content (AvgIpc) is 3.19. The number of aromatic nitrogens is 4. The number of aryl methyl sites for hydroxylation is 2. The zero-order chi connectivity index (χ0) is 20.3. The van der Waals surface area contributed by atoms with Gasteiger partial charge in [-0.15, -0.1) is 0 Å². The third kappa shape index (κ3) is 4.04. The number of hydrogen-bond acceptors (Lipinski definition) is 4. The van der Waals surface area contributed by atoms with E-state index in [0.29, 0.717) is 10.7 Å². The van der Waals surface area contributed by atoms with Gasteiger partial charge in [-0.1, -0.05) is 30.1 Å². The maximum atomic E-state index is 10.9. The van der Waals surface area contributed by atoms with Crippen molar-refractivity contribution in [1.29, 1.82) is 0 Å². The lowest BCUT2D eigenvalue weighted by Gasteiger charge is -1.99. The van der Waals surface area contributed by atoms with Crippen LogP contribution in [0.5, 0.6) is 0 Å². The quantitative estimate of drug-likeness (QED) is 0.502. The number of rotatable bonds is 4. The van der Waals surface area contributed by atoms with Crippen molar-refractivity contribution in [3.63, 3.8) is 0 Å². The van der Waals surface area contributed by atoms with E-state index in [1.54, 1.807) is 22.7 Å². The van der Waals surface area contributed by atoms with E-state index in [1.165, 1.54) is 0 Å². The summed E-state index contributed by atoms with van der Waals surface area (Å²) in [5.74, 6) is 1.02. The topological polar surface area (TPSA) is 64.2 Å². The molecule has 0 atom stereocenters. The van der Waals surface area contributed by atoms with Gasteiger partial charge >= 0.3 is 0 Å². The fourth-order valence-corrected chi connectivity index (χ4v) is 3.34. The van der Waals surface area contributed by atoms with E-state index >= 15 is 0 Å². The molecule has 0 fully saturated rings. The highest BCUT2D eigenvalue weighted by atomic mass is 35.5. The highest BCUT2D eigenvalue weighted by Gasteiger charge is 2.09. The lowest BCUT2D eigenvalue weighted by Crippen LogP contribution is -2.10. The molecule has 28 heavy (non-hydrogen) atoms. The maximum absolute atomic E-state index is 10.9. The first-order valence-electron chi connectivity index (χ1n) is 8.85. The van der Waals surface area contributed by atoms with Gasteiger partial charge in [-0.25, -0.2) is 9.97 Å². The molecule has 6 nitrogen and oxygen atoms in total. The molecule has 0 aliphatic carbocycles. The molecule has 0 saturated heterocycles. The molecule has 0 aliphatic rings. The summed E-state index contributed by atoms with van der Waals surface area (Å²) in [5.41, 5.74) is 4.21. The molecule has 0 radical (unpaired) electrons. The van der Waals surface area contributed by atoms with E-state index < -0.39 is 0 Å². The fourth-order valence-electron chi connectivity index (χ4n) is 3.01. The number of imidazole rings is 2. The van der Waals surface area contributed by atoms with Crippen LogP contribution in [-0.4, -0.2) is 32.3 Å². The normalized spacial score (nSPS) is 10.9. The molecule has 1 N–H and O–H groups in total. The van der Waals surface area contributed by atoms with Gasteiger partial charge in [0.25, 0.3) is 0 Å². The monoisotopic (exact) mass is 417 g/mol. The van der Waals surface area contributed by atoms with Crippen molar-refractivity contribution in [2.75, 3.05) is 7.05 Å². The number of carbonyl (C=O) groups is 1. The Hall–Kier alpha value is -2.41. The van der Waals surface area contributed by atoms with Crippen LogP contribution in [0.1, 0.15) is 28.9 Å². The number of fused-ring (bicyclic) bond motifs is 2. The van der Waals surface area contributed by atoms with Crippen LogP contribution in [0.25, 0.3) is 16.7 Å². The highest BCUT2D eigenvalue weighted by molar-refractivity contribution is 6.31. The second-order valence-corrected chi connectivity index (χ2v) is 7.11. The molecule has 0 unspecified atom stereocenters. The smallest absolute Gasteiger partial charge is 0.168 e. The van der Waals surface area contributed by atoms with Gasteiger partial charge in [-0.3, -0.25) is 9.20 Å². The Morgan fingerprint density at radius 1 is 1.14 bits per heavy atom. The first-order valence-corrected chi connectivity index (χ1v) is 9.61. The zero-order valence-electron chi connectivity index (χ0n) is 15.9. The zero-order valence-corrected chi connectivity index (χ0v) is 17.4. The van der Waals surface area contributed by atoms with Gasteiger partial charge < -0.3 is 9.88 Å². The van der Waals surface area contributed by atoms with Crippen LogP contribution in [0, 0.1) is 0 Å². The number of aldehydes is 1. The number of carbonyl (C=O) groups excluding carboxylic acids is 1. The molecule has 146 valence electrons. The molecule has 8 heteroatoms. The molecular weight excluding hydrogens is 397 g/mol. The summed E-state index contributed by atoms with van der Waals surface area (Å²) in [5, 5.41) is 4.41. The van der Waals surface area contributed by atoms with E-state index in [9.17, 15) is 4.79 Å². The van der Waals surface area contributed by atoms with Crippen LogP contribution in [0.3, 0.4) is 0 Å². The van der Waals surface area contributed by atoms with E-state index in [-0.39, 0.29) is 0 Å². The molecule has 3 heterocycles. The third-order valence-corrected chi connectivity index (χ3v) is 4.87. The summed E-state index contributed by atoms with van der Waals surface area (Å²) < 4.78 is 3.79. The number of halogens is 2. The summed E-state index contributed by atoms with van der Waals surface area (Å²) in [7, 11) is 3.92. The van der Waals surface area contributed by atoms with Crippen LogP contribution in [-0.2, 0) is 20.0 Å². The predicted octanol–water partition coefficient (Wildman–Crippen LogP) is 4.31. The second kappa shape index (κ2) is 8.73. The molecule has 1 aromatic carbocycles. The Bertz CT molecular complexity index is 1130. The van der Waals surface area contributed by atoms with Gasteiger partial charge in [-0.05, 0) is 43.8 Å². The van der Waals surface area contributed by atoms with Gasteiger partial charge in [0.2, 0.25) is 0 Å². The minimum Gasteiger partial charge on any atom is -0.330 e. The molecule has 4 aromatic rings. The highest BCUT2D eigenvalue weighted by Crippen LogP contribution is 2.19. The van der Waals surface area contributed by atoms with Gasteiger partial charge in [0.1, 0.15) is 17.2 Å². The molecule has 0 saturated carbocycles. The van der Waals surface area contributed by atoms with Gasteiger partial charge in [0.15, 0.2) is 6.29 Å². The van der Waals surface area contributed by atoms with Crippen LogP contribution in [0.15, 0.2) is 36.5 Å². The number of nitrogens with one attached hydrogen (secondary N) is 1. The van der Waals surface area contributed by atoms with E-state index in [4.69, 9.17) is 23.2 Å². The first-order chi connectivity index (χ1) is 13.5. The summed E-state index contributed by atoms with van der Waals surface area (Å²) in [6.45, 7) is 2.74. The first kappa shape index (κ1) is 20.3. The minimum absolute atomic E-state index is 0.588. The van der Waals surface area contributed by atoms with Crippen molar-refractivity contribution in [2.24, 2.45) is 7.05 Å². The van der Waals surface area contributed by atoms with Gasteiger partial charge in [0.05, 0.1) is 28.3 Å². The van der Waals surface area contributed by atoms with Crippen molar-refractivity contribution in [3.8, 4) is 0 Å². The average molecular weight is 418 g/mol. The summed E-state index contributed by atoms with van der Waals surface area (Å²) in [4.78, 5) is 19.7. The van der Waals surface area contributed by atoms with Crippen molar-refractivity contribution >= 4 is 46.2 Å². The number of pyridine rings is 1. The van der Waals surface area contributed by atoms with E-state index in [2.05, 4.69) is 19.9 Å². The number of nitrogens with zero attached hydrogens (tertiary/aromatic N) is 4. The van der Waals surface area contributed by atoms with Crippen LogP contribution >= 0.6 is 23.2 Å². The Labute approximate surface area is 173 Å². The minimum atomic E-state index is 0.588. The molecule has 0 bridgehead atoms. The fraction of sp³-hybridized carbons (Fsp3) is 0.250. The Kier molecular flexibility index (Phi) is 6.34. The summed E-state index contributed by atoms with van der Waals surface area (Å²) in [6.07, 6.45) is 3.26. The summed E-state index contributed by atoms with van der Waals surface area (Å²) in [6, 6.07) is 9.32. The molecule has 4 rings (SSSR count). The van der Waals surface area contributed by atoms with E-state index in [1.807, 2.05) is 39.2 Å². The number of benzene rings is 1. The van der Waals surface area contributed by atoms with Crippen LogP contribution in [0.4, 0.5) is 0 Å². The third-order valence-electron chi connectivity index (χ3n) is 4.41. The second-order valence-electron chi connectivity index (χ2n) is 6.24. The lowest BCUT2D eigenvalue weighted by atomic mass is 10.3. The molecule has 0 aliphatic heterocycles. The summed E-state index contributed by atoms with van der Waals surface area (Å²) >= 11 is 11.7. The van der Waals surface area contributed by atoms with Crippen molar-refractivity contribution in [1.82, 2.24) is 24.3 Å². The van der Waals surface area contributed by atoms with Crippen LogP contribution < -0.4 is 5.32 Å². The maximum Gasteiger partial charge on any atom is 0.168 e. The van der Waals surface area contributed by atoms with Crippen molar-refractivity contribution in [2.45, 2.75) is 19.9 Å². The van der Waals surface area contributed by atoms with Gasteiger partial charge in [-0.2, -0.15) is 0 Å². The Balaban J connectivity index is 0.000000161. The molecule has 0 amide bonds. The standard InChI is InChI=1S/C10H12ClN3.C10H9ClN2O/c1-12-6-10-13-8-5-7(11)3-4-9(8)14(10)2;1-2-8-9(6-14)13-5-7(11)3-4-10(13)12-8/h3-5,12H,6H2,1-2H3;3-6H,2H2,1H3. The van der Waals surface area contributed by atoms with E-state index in [0.717, 1.165) is 52.5 Å². The Morgan fingerprint density at radius 2 is 1.89 bits per heavy atom.